The van der Waals surface area contributed by atoms with Crippen molar-refractivity contribution in [3.63, 3.8) is 0 Å². The molecule has 16 heavy (non-hydrogen) atoms. The monoisotopic (exact) mass is 241 g/mol. The van der Waals surface area contributed by atoms with Crippen molar-refractivity contribution in [3.05, 3.63) is 22.7 Å². The van der Waals surface area contributed by atoms with E-state index in [1.165, 1.54) is 20.1 Å². The molecular weight excluding hydrogens is 230 g/mol. The summed E-state index contributed by atoms with van der Waals surface area (Å²) in [5, 5.41) is 2.91. The maximum absolute atomic E-state index is 11.2. The summed E-state index contributed by atoms with van der Waals surface area (Å²) in [4.78, 5) is 22.1. The molecule has 0 bridgehead atoms. The van der Waals surface area contributed by atoms with E-state index in [9.17, 15) is 9.59 Å². The minimum absolute atomic E-state index is 0.396. The van der Waals surface area contributed by atoms with E-state index in [2.05, 4.69) is 5.32 Å². The van der Waals surface area contributed by atoms with E-state index in [-0.39, 0.29) is 0 Å². The number of carbonyl (C=O) groups excluding carboxylic acids is 2. The highest BCUT2D eigenvalue weighted by Gasteiger charge is 2.13. The van der Waals surface area contributed by atoms with Crippen molar-refractivity contribution in [1.82, 2.24) is 0 Å². The quantitative estimate of drug-likeness (QED) is 0.826. The SMILES string of the molecule is COc1c(C)cc(Cl)cc1NC(=O)C(C)=O. The van der Waals surface area contributed by atoms with Crippen LogP contribution in [0.2, 0.25) is 5.02 Å². The second-order valence-corrected chi connectivity index (χ2v) is 3.75. The summed E-state index contributed by atoms with van der Waals surface area (Å²) in [6.07, 6.45) is 0. The molecule has 0 aromatic heterocycles. The minimum Gasteiger partial charge on any atom is -0.494 e. The average Bonchev–Trinajstić information content (AvgIpc) is 2.16. The van der Waals surface area contributed by atoms with Gasteiger partial charge in [0.2, 0.25) is 5.78 Å². The molecule has 0 aliphatic heterocycles. The molecule has 0 unspecified atom stereocenters. The molecular formula is C11H12ClNO3. The van der Waals surface area contributed by atoms with Gasteiger partial charge in [0.15, 0.2) is 0 Å². The third-order valence-electron chi connectivity index (χ3n) is 2.01. The van der Waals surface area contributed by atoms with Gasteiger partial charge in [-0.2, -0.15) is 0 Å². The number of rotatable bonds is 3. The van der Waals surface area contributed by atoms with Gasteiger partial charge >= 0.3 is 0 Å². The van der Waals surface area contributed by atoms with Crippen molar-refractivity contribution in [3.8, 4) is 5.75 Å². The lowest BCUT2D eigenvalue weighted by Crippen LogP contribution is -2.20. The zero-order chi connectivity index (χ0) is 12.3. The number of carbonyl (C=O) groups is 2. The standard InChI is InChI=1S/C11H12ClNO3/c1-6-4-8(12)5-9(10(6)16-3)13-11(15)7(2)14/h4-5H,1-3H3,(H,13,15). The molecule has 1 N–H and O–H groups in total. The van der Waals surface area contributed by atoms with Crippen molar-refractivity contribution in [2.75, 3.05) is 12.4 Å². The second kappa shape index (κ2) is 4.99. The van der Waals surface area contributed by atoms with Crippen LogP contribution in [0, 0.1) is 6.92 Å². The van der Waals surface area contributed by atoms with Crippen molar-refractivity contribution in [2.45, 2.75) is 13.8 Å². The number of hydrogen-bond acceptors (Lipinski definition) is 3. The number of anilines is 1. The predicted molar refractivity (Wildman–Crippen MR) is 62.1 cm³/mol. The van der Waals surface area contributed by atoms with Crippen molar-refractivity contribution < 1.29 is 14.3 Å². The Hall–Kier alpha value is -1.55. The molecule has 86 valence electrons. The number of ether oxygens (including phenoxy) is 1. The van der Waals surface area contributed by atoms with Crippen LogP contribution < -0.4 is 10.1 Å². The number of ketones is 1. The third kappa shape index (κ3) is 2.73. The first-order valence-corrected chi connectivity index (χ1v) is 4.99. The van der Waals surface area contributed by atoms with Gasteiger partial charge in [0.05, 0.1) is 12.8 Å². The first-order chi connectivity index (χ1) is 7.45. The van der Waals surface area contributed by atoms with Gasteiger partial charge in [-0.15, -0.1) is 0 Å². The fourth-order valence-corrected chi connectivity index (χ4v) is 1.58. The molecule has 0 aliphatic carbocycles. The molecule has 0 saturated carbocycles. The van der Waals surface area contributed by atoms with Crippen molar-refractivity contribution in [1.29, 1.82) is 0 Å². The number of benzene rings is 1. The van der Waals surface area contributed by atoms with Gasteiger partial charge in [0.25, 0.3) is 5.91 Å². The topological polar surface area (TPSA) is 55.4 Å². The third-order valence-corrected chi connectivity index (χ3v) is 2.23. The van der Waals surface area contributed by atoms with E-state index < -0.39 is 11.7 Å². The normalized spacial score (nSPS) is 9.75. The summed E-state index contributed by atoms with van der Waals surface area (Å²) in [6, 6.07) is 3.25. The number of amides is 1. The van der Waals surface area contributed by atoms with Crippen LogP contribution in [0.25, 0.3) is 0 Å². The van der Waals surface area contributed by atoms with E-state index in [0.29, 0.717) is 16.5 Å². The van der Waals surface area contributed by atoms with Crippen LogP contribution in [0.15, 0.2) is 12.1 Å². The van der Waals surface area contributed by atoms with Crippen LogP contribution >= 0.6 is 11.6 Å². The Balaban J connectivity index is 3.12. The summed E-state index contributed by atoms with van der Waals surface area (Å²) >= 11 is 5.85. The van der Waals surface area contributed by atoms with E-state index in [0.717, 1.165) is 5.56 Å². The summed E-state index contributed by atoms with van der Waals surface area (Å²) in [6.45, 7) is 2.99. The molecule has 0 heterocycles. The Morgan fingerprint density at radius 1 is 1.38 bits per heavy atom. The Morgan fingerprint density at radius 2 is 2.00 bits per heavy atom. The summed E-state index contributed by atoms with van der Waals surface area (Å²) < 4.78 is 5.13. The van der Waals surface area contributed by atoms with Crippen LogP contribution in [-0.2, 0) is 9.59 Å². The van der Waals surface area contributed by atoms with E-state index in [4.69, 9.17) is 16.3 Å². The highest BCUT2D eigenvalue weighted by atomic mass is 35.5. The smallest absolute Gasteiger partial charge is 0.291 e. The second-order valence-electron chi connectivity index (χ2n) is 3.31. The molecule has 1 aromatic carbocycles. The molecule has 0 spiro atoms. The molecule has 5 heteroatoms. The highest BCUT2D eigenvalue weighted by Crippen LogP contribution is 2.31. The summed E-state index contributed by atoms with van der Waals surface area (Å²) in [5.41, 5.74) is 1.18. The largest absolute Gasteiger partial charge is 0.494 e. The number of Topliss-reactive ketones (excluding diaryl/α,β-unsaturated/α-hetero) is 1. The molecule has 1 amide bonds. The van der Waals surface area contributed by atoms with E-state index in [1.54, 1.807) is 13.0 Å². The summed E-state index contributed by atoms with van der Waals surface area (Å²) in [5.74, 6) is -0.765. The fraction of sp³-hybridized carbons (Fsp3) is 0.273. The van der Waals surface area contributed by atoms with Gasteiger partial charge < -0.3 is 10.1 Å². The number of hydrogen-bond donors (Lipinski definition) is 1. The zero-order valence-electron chi connectivity index (χ0n) is 9.26. The maximum Gasteiger partial charge on any atom is 0.291 e. The molecule has 1 aromatic rings. The molecule has 0 radical (unpaired) electrons. The minimum atomic E-state index is -0.694. The molecule has 0 saturated heterocycles. The molecule has 1 rings (SSSR count). The summed E-state index contributed by atoms with van der Waals surface area (Å²) in [7, 11) is 1.49. The molecule has 4 nitrogen and oxygen atoms in total. The first-order valence-electron chi connectivity index (χ1n) is 4.61. The van der Waals surface area contributed by atoms with Gasteiger partial charge in [-0.3, -0.25) is 9.59 Å². The van der Waals surface area contributed by atoms with Crippen molar-refractivity contribution in [2.24, 2.45) is 0 Å². The van der Waals surface area contributed by atoms with Gasteiger partial charge in [-0.1, -0.05) is 11.6 Å². The zero-order valence-corrected chi connectivity index (χ0v) is 10.0. The lowest BCUT2D eigenvalue weighted by atomic mass is 10.2. The molecule has 0 aliphatic rings. The van der Waals surface area contributed by atoms with Crippen LogP contribution in [0.4, 0.5) is 5.69 Å². The predicted octanol–water partition coefficient (Wildman–Crippen LogP) is 2.18. The van der Waals surface area contributed by atoms with Gasteiger partial charge in [-0.05, 0) is 24.6 Å². The van der Waals surface area contributed by atoms with Crippen LogP contribution in [0.1, 0.15) is 12.5 Å². The molecule has 0 fully saturated rings. The number of nitrogens with one attached hydrogen (secondary N) is 1. The number of halogens is 1. The van der Waals surface area contributed by atoms with Crippen molar-refractivity contribution >= 4 is 29.0 Å². The van der Waals surface area contributed by atoms with E-state index in [1.807, 2.05) is 0 Å². The Labute approximate surface area is 98.5 Å². The number of methoxy groups -OCH3 is 1. The Morgan fingerprint density at radius 3 is 2.50 bits per heavy atom. The Kier molecular flexibility index (Phi) is 3.90. The van der Waals surface area contributed by atoms with Crippen LogP contribution in [0.3, 0.4) is 0 Å². The first kappa shape index (κ1) is 12.5. The average molecular weight is 242 g/mol. The van der Waals surface area contributed by atoms with Gasteiger partial charge in [0, 0.05) is 11.9 Å². The Bertz CT molecular complexity index is 443. The lowest BCUT2D eigenvalue weighted by Gasteiger charge is -2.12. The van der Waals surface area contributed by atoms with Gasteiger partial charge in [0.1, 0.15) is 5.75 Å². The van der Waals surface area contributed by atoms with Crippen LogP contribution in [0.5, 0.6) is 5.75 Å². The fourth-order valence-electron chi connectivity index (χ4n) is 1.30. The molecule has 0 atom stereocenters. The highest BCUT2D eigenvalue weighted by molar-refractivity contribution is 6.40. The lowest BCUT2D eigenvalue weighted by molar-refractivity contribution is -0.133. The number of aryl methyl sites for hydroxylation is 1. The van der Waals surface area contributed by atoms with Crippen LogP contribution in [-0.4, -0.2) is 18.8 Å². The van der Waals surface area contributed by atoms with E-state index >= 15 is 0 Å². The van der Waals surface area contributed by atoms with Gasteiger partial charge in [-0.25, -0.2) is 0 Å². The maximum atomic E-state index is 11.2.